The second-order valence-electron chi connectivity index (χ2n) is 15.0. The van der Waals surface area contributed by atoms with Gasteiger partial charge in [-0.3, -0.25) is 0 Å². The Morgan fingerprint density at radius 3 is 2.00 bits per heavy atom. The van der Waals surface area contributed by atoms with Crippen molar-refractivity contribution >= 4 is 88.2 Å². The van der Waals surface area contributed by atoms with Crippen LogP contribution in [-0.2, 0) is 5.41 Å². The van der Waals surface area contributed by atoms with Gasteiger partial charge in [0.1, 0.15) is 8.07 Å². The molecule has 4 aliphatic heterocycles. The normalized spacial score (nSPS) is 15.9. The molecular weight excluding hydrogens is 636 g/mol. The summed E-state index contributed by atoms with van der Waals surface area (Å²) in [6.07, 6.45) is 0. The Labute approximate surface area is 293 Å². The number of para-hydroxylation sites is 3. The summed E-state index contributed by atoms with van der Waals surface area (Å²) in [6.45, 7) is 12.2. The maximum absolute atomic E-state index is 2.66. The zero-order valence-electron chi connectivity index (χ0n) is 27.8. The number of anilines is 5. The van der Waals surface area contributed by atoms with E-state index in [4.69, 9.17) is 0 Å². The van der Waals surface area contributed by atoms with Gasteiger partial charge in [-0.05, 0) is 86.4 Å². The van der Waals surface area contributed by atoms with Gasteiger partial charge in [0.2, 0.25) is 0 Å². The summed E-state index contributed by atoms with van der Waals surface area (Å²) in [5.74, 6) is 0. The van der Waals surface area contributed by atoms with E-state index in [-0.39, 0.29) is 12.3 Å². The van der Waals surface area contributed by atoms with Crippen LogP contribution in [0.25, 0.3) is 11.1 Å². The van der Waals surface area contributed by atoms with E-state index in [9.17, 15) is 0 Å². The molecule has 48 heavy (non-hydrogen) atoms. The number of fused-ring (bicyclic) bond motifs is 8. The molecule has 232 valence electrons. The van der Waals surface area contributed by atoms with E-state index in [1.165, 1.54) is 86.0 Å². The summed E-state index contributed by atoms with van der Waals surface area (Å²) in [5.41, 5.74) is 13.5. The first kappa shape index (κ1) is 28.9. The maximum atomic E-state index is 2.66. The van der Waals surface area contributed by atoms with Crippen molar-refractivity contribution in [2.75, 3.05) is 9.71 Å². The van der Waals surface area contributed by atoms with Crippen LogP contribution in [0, 0.1) is 0 Å². The van der Waals surface area contributed by atoms with Crippen molar-refractivity contribution in [3.8, 4) is 11.1 Å². The summed E-state index contributed by atoms with van der Waals surface area (Å²) < 4.78 is 0. The van der Waals surface area contributed by atoms with Crippen LogP contribution in [-0.4, -0.2) is 14.9 Å². The molecular formula is C42H35BN2S2Si. The topological polar surface area (TPSA) is 6.48 Å². The Kier molecular flexibility index (Phi) is 6.00. The molecule has 4 aliphatic rings. The van der Waals surface area contributed by atoms with Gasteiger partial charge in [-0.1, -0.05) is 130 Å². The average Bonchev–Trinajstić information content (AvgIpc) is 3.09. The van der Waals surface area contributed by atoms with E-state index in [1.54, 1.807) is 0 Å². The van der Waals surface area contributed by atoms with Crippen LogP contribution in [0.2, 0.25) is 13.1 Å². The first-order valence-corrected chi connectivity index (χ1v) is 21.5. The second-order valence-corrected chi connectivity index (χ2v) is 21.5. The first-order chi connectivity index (χ1) is 23.2. The number of hydrogen-bond acceptors (Lipinski definition) is 4. The molecule has 0 amide bonds. The van der Waals surface area contributed by atoms with Crippen LogP contribution in [0.3, 0.4) is 0 Å². The Morgan fingerprint density at radius 2 is 1.25 bits per heavy atom. The van der Waals surface area contributed by atoms with Crippen molar-refractivity contribution in [2.45, 2.75) is 58.9 Å². The third-order valence-corrected chi connectivity index (χ3v) is 16.9. The van der Waals surface area contributed by atoms with Gasteiger partial charge in [-0.2, -0.15) is 0 Å². The van der Waals surface area contributed by atoms with E-state index in [0.29, 0.717) is 0 Å². The van der Waals surface area contributed by atoms with Crippen LogP contribution in [0.1, 0.15) is 26.3 Å². The average molecular weight is 671 g/mol. The summed E-state index contributed by atoms with van der Waals surface area (Å²) in [7, 11) is -1.99. The molecule has 0 radical (unpaired) electrons. The van der Waals surface area contributed by atoms with E-state index in [2.05, 4.69) is 165 Å². The molecule has 4 heterocycles. The van der Waals surface area contributed by atoms with Gasteiger partial charge in [0.25, 0.3) is 0 Å². The van der Waals surface area contributed by atoms with Crippen molar-refractivity contribution in [3.63, 3.8) is 0 Å². The van der Waals surface area contributed by atoms with Crippen molar-refractivity contribution in [1.29, 1.82) is 0 Å². The Bertz CT molecular complexity index is 2350. The van der Waals surface area contributed by atoms with E-state index >= 15 is 0 Å². The minimum atomic E-state index is -1.99. The molecule has 0 saturated carbocycles. The molecule has 6 aromatic rings. The van der Waals surface area contributed by atoms with Crippen molar-refractivity contribution < 1.29 is 0 Å². The third kappa shape index (κ3) is 3.91. The molecule has 0 N–H and O–H groups in total. The minimum Gasteiger partial charge on any atom is -0.376 e. The van der Waals surface area contributed by atoms with Gasteiger partial charge in [0.05, 0.1) is 0 Å². The lowest BCUT2D eigenvalue weighted by molar-refractivity contribution is 0.590. The summed E-state index contributed by atoms with van der Waals surface area (Å²) in [6, 6.07) is 46.4. The zero-order chi connectivity index (χ0) is 32.5. The number of nitrogens with zero attached hydrogens (tertiary/aromatic N) is 2. The van der Waals surface area contributed by atoms with Gasteiger partial charge in [0.15, 0.2) is 0 Å². The summed E-state index contributed by atoms with van der Waals surface area (Å²) in [4.78, 5) is 10.7. The molecule has 0 aliphatic carbocycles. The van der Waals surface area contributed by atoms with Crippen molar-refractivity contribution in [3.05, 3.63) is 127 Å². The fraction of sp³-hybridized carbons (Fsp3) is 0.143. The fourth-order valence-corrected chi connectivity index (χ4v) is 13.7. The molecule has 0 atom stereocenters. The molecule has 10 rings (SSSR count). The van der Waals surface area contributed by atoms with Gasteiger partial charge in [-0.25, -0.2) is 0 Å². The number of rotatable bonds is 1. The van der Waals surface area contributed by atoms with Crippen LogP contribution in [0.5, 0.6) is 0 Å². The fourth-order valence-electron chi connectivity index (χ4n) is 8.43. The predicted molar refractivity (Wildman–Crippen MR) is 210 cm³/mol. The van der Waals surface area contributed by atoms with Gasteiger partial charge >= 0.3 is 6.85 Å². The minimum absolute atomic E-state index is 0.0153. The van der Waals surface area contributed by atoms with Gasteiger partial charge in [-0.15, -0.1) is 0 Å². The maximum Gasteiger partial charge on any atom is 0.333 e. The Hall–Kier alpha value is -4.10. The zero-order valence-corrected chi connectivity index (χ0v) is 30.5. The number of hydrogen-bond donors (Lipinski definition) is 0. The highest BCUT2D eigenvalue weighted by molar-refractivity contribution is 8.05. The highest BCUT2D eigenvalue weighted by atomic mass is 32.2. The predicted octanol–water partition coefficient (Wildman–Crippen LogP) is 9.44. The molecule has 0 spiro atoms. The van der Waals surface area contributed by atoms with Crippen molar-refractivity contribution in [2.24, 2.45) is 0 Å². The van der Waals surface area contributed by atoms with E-state index < -0.39 is 8.07 Å². The third-order valence-electron chi connectivity index (χ3n) is 10.8. The highest BCUT2D eigenvalue weighted by Gasteiger charge is 2.50. The molecule has 2 nitrogen and oxygen atoms in total. The van der Waals surface area contributed by atoms with Crippen molar-refractivity contribution in [1.82, 2.24) is 0 Å². The molecule has 0 aromatic heterocycles. The summed E-state index contributed by atoms with van der Waals surface area (Å²) >= 11 is 3.82. The van der Waals surface area contributed by atoms with Crippen LogP contribution in [0.4, 0.5) is 28.4 Å². The SMILES string of the molecule is CC(C)(C)c1cc2c3c(c1)N1c4ccccc4[Si](C)(C)c4cccc(c41)B3N(c1ccccc1)c1cc3c(cc1-2)Sc1ccccc1S3. The van der Waals surface area contributed by atoms with Crippen LogP contribution < -0.4 is 31.0 Å². The van der Waals surface area contributed by atoms with Crippen LogP contribution in [0.15, 0.2) is 141 Å². The Morgan fingerprint density at radius 1 is 0.583 bits per heavy atom. The molecule has 0 unspecified atom stereocenters. The molecule has 0 saturated heterocycles. The first-order valence-electron chi connectivity index (χ1n) is 16.9. The molecule has 0 bridgehead atoms. The second kappa shape index (κ2) is 9.97. The largest absolute Gasteiger partial charge is 0.376 e. The Balaban J connectivity index is 1.34. The lowest BCUT2D eigenvalue weighted by Gasteiger charge is -2.50. The standard InChI is InChI=1S/C42H35BN2S2Si/c1-42(2,3)26-22-29-28-24-36-37(47-35-19-11-10-18-34(35)46-36)25-32(28)45(27-14-7-6-8-15-27)43-30-16-13-21-39-41(30)44(33(23-26)40(29)43)31-17-9-12-20-38(31)48(39,4)5/h6-25H,1-5H3. The van der Waals surface area contributed by atoms with Crippen LogP contribution >= 0.6 is 23.5 Å². The molecule has 6 heteroatoms. The van der Waals surface area contributed by atoms with E-state index in [1.807, 2.05) is 23.5 Å². The lowest BCUT2D eigenvalue weighted by Crippen LogP contribution is -2.67. The quantitative estimate of drug-likeness (QED) is 0.161. The number of benzene rings is 6. The summed E-state index contributed by atoms with van der Waals surface area (Å²) in [5, 5.41) is 3.04. The molecule has 0 fully saturated rings. The highest BCUT2D eigenvalue weighted by Crippen LogP contribution is 2.55. The lowest BCUT2D eigenvalue weighted by atomic mass is 9.43. The van der Waals surface area contributed by atoms with E-state index in [0.717, 1.165) is 0 Å². The smallest absolute Gasteiger partial charge is 0.333 e. The van der Waals surface area contributed by atoms with Gasteiger partial charge in [0, 0.05) is 53.6 Å². The monoisotopic (exact) mass is 670 g/mol. The molecule has 6 aromatic carbocycles. The van der Waals surface area contributed by atoms with Gasteiger partial charge < -0.3 is 9.71 Å².